The number of pyridine rings is 1. The van der Waals surface area contributed by atoms with Gasteiger partial charge in [-0.2, -0.15) is 0 Å². The number of anilines is 2. The second-order valence-electron chi connectivity index (χ2n) is 11.4. The molecule has 4 aromatic rings. The molecule has 1 saturated heterocycles. The molecular weight excluding hydrogens is 479 g/mol. The van der Waals surface area contributed by atoms with E-state index in [0.29, 0.717) is 17.9 Å². The molecule has 37 heavy (non-hydrogen) atoms. The summed E-state index contributed by atoms with van der Waals surface area (Å²) in [5.41, 5.74) is 5.29. The zero-order valence-electron chi connectivity index (χ0n) is 22.4. The second kappa shape index (κ2) is 9.78. The highest BCUT2D eigenvalue weighted by molar-refractivity contribution is 6.57. The number of rotatable bonds is 6. The summed E-state index contributed by atoms with van der Waals surface area (Å²) in [4.78, 5) is 20.5. The van der Waals surface area contributed by atoms with Crippen LogP contribution in [0.1, 0.15) is 54.4 Å². The molecule has 0 spiro atoms. The summed E-state index contributed by atoms with van der Waals surface area (Å²) in [5, 5.41) is 5.90. The van der Waals surface area contributed by atoms with E-state index < -0.39 is 9.52 Å². The maximum Gasteiger partial charge on any atom is 0.272 e. The van der Waals surface area contributed by atoms with Crippen LogP contribution in [0.2, 0.25) is 5.04 Å². The molecule has 0 bridgehead atoms. The lowest BCUT2D eigenvalue weighted by atomic mass is 10.1. The van der Waals surface area contributed by atoms with Gasteiger partial charge in [-0.05, 0) is 72.3 Å². The van der Waals surface area contributed by atoms with Gasteiger partial charge in [0.25, 0.3) is 5.91 Å². The number of carbonyl (C=O) groups excluding carboxylic acids is 1. The molecular formula is C30H35FN4OSi. The number of hydrogen-bond acceptors (Lipinski definition) is 3. The van der Waals surface area contributed by atoms with E-state index in [9.17, 15) is 9.18 Å². The van der Waals surface area contributed by atoms with Crippen LogP contribution in [0.25, 0.3) is 10.9 Å². The van der Waals surface area contributed by atoms with Gasteiger partial charge in [0, 0.05) is 30.5 Å². The van der Waals surface area contributed by atoms with Crippen LogP contribution in [0.15, 0.2) is 54.7 Å². The van der Waals surface area contributed by atoms with E-state index in [0.717, 1.165) is 40.9 Å². The van der Waals surface area contributed by atoms with Gasteiger partial charge in [-0.3, -0.25) is 4.79 Å². The van der Waals surface area contributed by atoms with Gasteiger partial charge in [0.2, 0.25) is 0 Å². The van der Waals surface area contributed by atoms with Gasteiger partial charge in [0.15, 0.2) is 0 Å². The fourth-order valence-electron chi connectivity index (χ4n) is 5.30. The Kier molecular flexibility index (Phi) is 6.66. The minimum atomic E-state index is -0.518. The van der Waals surface area contributed by atoms with Crippen molar-refractivity contribution in [2.24, 2.45) is 0 Å². The van der Waals surface area contributed by atoms with Crippen LogP contribution < -0.4 is 15.4 Å². The first-order valence-electron chi connectivity index (χ1n) is 13.0. The molecule has 3 heterocycles. The molecule has 2 aromatic carbocycles. The summed E-state index contributed by atoms with van der Waals surface area (Å²) >= 11 is 0. The lowest BCUT2D eigenvalue weighted by molar-refractivity contribution is 0.101. The summed E-state index contributed by atoms with van der Waals surface area (Å²) < 4.78 is 16.1. The predicted octanol–water partition coefficient (Wildman–Crippen LogP) is 5.32. The highest BCUT2D eigenvalue weighted by Gasteiger charge is 2.24. The number of halogens is 1. The van der Waals surface area contributed by atoms with E-state index in [-0.39, 0.29) is 16.8 Å². The molecule has 5 rings (SSSR count). The van der Waals surface area contributed by atoms with E-state index >= 15 is 0 Å². The lowest BCUT2D eigenvalue weighted by Crippen LogP contribution is -2.37. The number of carbonyl (C=O) groups is 1. The van der Waals surface area contributed by atoms with Crippen LogP contribution in [0.3, 0.4) is 0 Å². The number of nitrogens with zero attached hydrogens (tertiary/aromatic N) is 3. The van der Waals surface area contributed by atoms with Gasteiger partial charge < -0.3 is 14.8 Å². The molecule has 0 atom stereocenters. The van der Waals surface area contributed by atoms with Crippen molar-refractivity contribution in [3.8, 4) is 0 Å². The minimum absolute atomic E-state index is 0.183. The van der Waals surface area contributed by atoms with Crippen molar-refractivity contribution in [3.05, 3.63) is 82.9 Å². The van der Waals surface area contributed by atoms with Crippen LogP contribution in [0, 0.1) is 19.7 Å². The normalized spacial score (nSPS) is 13.9. The molecule has 1 fully saturated rings. The maximum absolute atomic E-state index is 14.0. The molecule has 0 aliphatic carbocycles. The van der Waals surface area contributed by atoms with Crippen molar-refractivity contribution in [1.82, 2.24) is 9.55 Å². The van der Waals surface area contributed by atoms with Crippen molar-refractivity contribution < 1.29 is 9.18 Å². The van der Waals surface area contributed by atoms with E-state index in [2.05, 4.69) is 55.0 Å². The molecule has 0 saturated carbocycles. The number of aryl methyl sites for hydroxylation is 2. The fraction of sp³-hybridized carbons (Fsp3) is 0.333. The van der Waals surface area contributed by atoms with E-state index in [4.69, 9.17) is 0 Å². The number of benzene rings is 2. The summed E-state index contributed by atoms with van der Waals surface area (Å²) in [7, 11) is -0.518. The minimum Gasteiger partial charge on any atom is -0.356 e. The molecule has 1 N–H and O–H groups in total. The lowest BCUT2D eigenvalue weighted by Gasteiger charge is -2.31. The van der Waals surface area contributed by atoms with E-state index in [1.54, 1.807) is 12.3 Å². The third kappa shape index (κ3) is 5.18. The zero-order valence-corrected chi connectivity index (χ0v) is 23.8. The quantitative estimate of drug-likeness (QED) is 0.355. The highest BCUT2D eigenvalue weighted by Crippen LogP contribution is 2.31. The number of fused-ring (bicyclic) bond motifs is 1. The fourth-order valence-corrected chi connectivity index (χ4v) is 7.12. The topological polar surface area (TPSA) is 50.2 Å². The first kappa shape index (κ1) is 25.2. The van der Waals surface area contributed by atoms with Crippen LogP contribution in [-0.2, 0) is 6.54 Å². The Balaban J connectivity index is 1.56. The monoisotopic (exact) mass is 514 g/mol. The van der Waals surface area contributed by atoms with Crippen LogP contribution in [0.4, 0.5) is 15.9 Å². The average molecular weight is 515 g/mol. The Morgan fingerprint density at radius 2 is 1.86 bits per heavy atom. The van der Waals surface area contributed by atoms with Crippen molar-refractivity contribution in [1.29, 1.82) is 0 Å². The Hall–Kier alpha value is -3.45. The van der Waals surface area contributed by atoms with Crippen molar-refractivity contribution in [2.75, 3.05) is 23.3 Å². The van der Waals surface area contributed by atoms with Crippen LogP contribution in [-0.4, -0.2) is 38.1 Å². The van der Waals surface area contributed by atoms with E-state index in [1.807, 2.05) is 29.7 Å². The number of aromatic nitrogens is 2. The predicted molar refractivity (Wildman–Crippen MR) is 154 cm³/mol. The van der Waals surface area contributed by atoms with Gasteiger partial charge >= 0.3 is 0 Å². The van der Waals surface area contributed by atoms with Crippen molar-refractivity contribution >= 4 is 43.0 Å². The number of hydrogen-bond donors (Lipinski definition) is 1. The summed E-state index contributed by atoms with van der Waals surface area (Å²) in [6.07, 6.45) is 2.91. The Morgan fingerprint density at radius 3 is 2.49 bits per heavy atom. The van der Waals surface area contributed by atoms with Crippen molar-refractivity contribution in [3.63, 3.8) is 0 Å². The van der Waals surface area contributed by atoms with Gasteiger partial charge in [-0.1, -0.05) is 44.2 Å². The zero-order chi connectivity index (χ0) is 26.3. The molecule has 0 radical (unpaired) electrons. The molecule has 1 aliphatic rings. The molecule has 7 heteroatoms. The second-order valence-corrected chi connectivity index (χ2v) is 14.6. The summed E-state index contributed by atoms with van der Waals surface area (Å²) in [6.45, 7) is 13.6. The molecule has 0 unspecified atom stereocenters. The number of amides is 1. The summed E-state index contributed by atoms with van der Waals surface area (Å²) in [5.74, 6) is 0.476. The molecule has 192 valence electrons. The first-order valence-corrected chi connectivity index (χ1v) is 14.4. The van der Waals surface area contributed by atoms with Crippen LogP contribution in [0.5, 0.6) is 0 Å². The van der Waals surface area contributed by atoms with Gasteiger partial charge in [0.05, 0.1) is 21.4 Å². The van der Waals surface area contributed by atoms with Gasteiger partial charge in [0.1, 0.15) is 17.3 Å². The number of nitrogens with one attached hydrogen (secondary N) is 1. The Morgan fingerprint density at radius 1 is 1.08 bits per heavy atom. The van der Waals surface area contributed by atoms with Crippen molar-refractivity contribution in [2.45, 2.75) is 52.6 Å². The van der Waals surface area contributed by atoms with Gasteiger partial charge in [-0.15, -0.1) is 0 Å². The summed E-state index contributed by atoms with van der Waals surface area (Å²) in [6, 6.07) is 14.8. The largest absolute Gasteiger partial charge is 0.356 e. The first-order chi connectivity index (χ1) is 17.6. The molecule has 5 nitrogen and oxygen atoms in total. The standard InChI is InChI=1S/C30H35FN4OSi/c1-19-25(37-30(3,4)5)12-11-24-27(19)20(2)28(35(24)18-21-8-6-9-22(31)16-21)29(36)33-23-10-13-26(32-17-23)34-14-7-15-34/h6,8-13,16-17H,7,14-15,18,37H2,1-5H3,(H,33,36). The van der Waals surface area contributed by atoms with Crippen LogP contribution >= 0.6 is 0 Å². The average Bonchev–Trinajstić information content (AvgIpc) is 3.07. The SMILES string of the molecule is Cc1c([SiH2]C(C)(C)C)ccc2c1c(C)c(C(=O)Nc1ccc(N3CCC3)nc1)n2Cc1cccc(F)c1. The third-order valence-electron chi connectivity index (χ3n) is 7.20. The Bertz CT molecular complexity index is 1470. The Labute approximate surface area is 220 Å². The molecule has 1 aliphatic heterocycles. The molecule has 2 aromatic heterocycles. The van der Waals surface area contributed by atoms with E-state index in [1.165, 1.54) is 29.3 Å². The van der Waals surface area contributed by atoms with Gasteiger partial charge in [-0.25, -0.2) is 9.37 Å². The third-order valence-corrected chi connectivity index (χ3v) is 9.41. The molecule has 1 amide bonds. The highest BCUT2D eigenvalue weighted by atomic mass is 28.2. The maximum atomic E-state index is 14.0. The smallest absolute Gasteiger partial charge is 0.272 e.